The van der Waals surface area contributed by atoms with Crippen LogP contribution in [0.2, 0.25) is 0 Å². The first-order chi connectivity index (χ1) is 31.4. The third kappa shape index (κ3) is 9.27. The molecule has 340 valence electrons. The van der Waals surface area contributed by atoms with Gasteiger partial charge in [0.25, 0.3) is 11.5 Å². The van der Waals surface area contributed by atoms with Crippen LogP contribution in [-0.2, 0) is 23.2 Å². The summed E-state index contributed by atoms with van der Waals surface area (Å²) in [6, 6.07) is 15.0. The van der Waals surface area contributed by atoms with E-state index in [9.17, 15) is 19.2 Å². The van der Waals surface area contributed by atoms with Gasteiger partial charge in [-0.3, -0.25) is 38.9 Å². The molecule has 3 N–H and O–H groups in total. The number of aryl methyl sites for hydroxylation is 2. The molecule has 0 bridgehead atoms. The van der Waals surface area contributed by atoms with E-state index in [1.54, 1.807) is 42.2 Å². The van der Waals surface area contributed by atoms with Crippen molar-refractivity contribution in [3.8, 4) is 5.69 Å². The van der Waals surface area contributed by atoms with Crippen molar-refractivity contribution in [2.24, 2.45) is 13.0 Å². The lowest BCUT2D eigenvalue weighted by Gasteiger charge is -2.39. The number of nitrogens with one attached hydrogen (secondary N) is 3. The van der Waals surface area contributed by atoms with Crippen molar-refractivity contribution in [2.45, 2.75) is 51.6 Å². The van der Waals surface area contributed by atoms with Gasteiger partial charge >= 0.3 is 0 Å². The number of amides is 3. The Hall–Kier alpha value is -6.39. The van der Waals surface area contributed by atoms with Crippen molar-refractivity contribution in [3.05, 3.63) is 117 Å². The molecular formula is C49H56F2N10O4. The first-order valence-electron chi connectivity index (χ1n) is 22.6. The zero-order valence-electron chi connectivity index (χ0n) is 37.2. The molecule has 65 heavy (non-hydrogen) atoms. The van der Waals surface area contributed by atoms with E-state index in [2.05, 4.69) is 47.4 Å². The summed E-state index contributed by atoms with van der Waals surface area (Å²) in [7, 11) is 3.77. The number of likely N-dealkylation sites (tertiary alicyclic amines) is 1. The smallest absolute Gasteiger partial charge is 0.257 e. The van der Waals surface area contributed by atoms with Gasteiger partial charge in [0.15, 0.2) is 0 Å². The van der Waals surface area contributed by atoms with Crippen LogP contribution in [0.25, 0.3) is 22.3 Å². The fourth-order valence-electron chi connectivity index (χ4n) is 9.96. The molecule has 4 aliphatic rings. The Morgan fingerprint density at radius 3 is 2.34 bits per heavy atom. The minimum atomic E-state index is -0.571. The van der Waals surface area contributed by atoms with Gasteiger partial charge in [0.1, 0.15) is 23.3 Å². The number of imide groups is 1. The van der Waals surface area contributed by atoms with Crippen molar-refractivity contribution >= 4 is 51.4 Å². The van der Waals surface area contributed by atoms with Crippen LogP contribution in [0.1, 0.15) is 59.3 Å². The third-order valence-corrected chi connectivity index (χ3v) is 13.7. The minimum Gasteiger partial charge on any atom is -0.388 e. The highest BCUT2D eigenvalue weighted by molar-refractivity contribution is 6.01. The van der Waals surface area contributed by atoms with Gasteiger partial charge in [-0.05, 0) is 98.2 Å². The average Bonchev–Trinajstić information content (AvgIpc) is 3.62. The molecule has 9 rings (SSSR count). The number of halogens is 2. The second kappa shape index (κ2) is 18.6. The van der Waals surface area contributed by atoms with E-state index >= 15 is 8.78 Å². The van der Waals surface area contributed by atoms with E-state index in [4.69, 9.17) is 0 Å². The third-order valence-electron chi connectivity index (χ3n) is 13.7. The normalized spacial score (nSPS) is 19.1. The van der Waals surface area contributed by atoms with Gasteiger partial charge in [-0.25, -0.2) is 13.8 Å². The molecule has 3 aromatic heterocycles. The van der Waals surface area contributed by atoms with E-state index in [0.29, 0.717) is 80.5 Å². The minimum absolute atomic E-state index is 0.130. The highest BCUT2D eigenvalue weighted by Gasteiger charge is 2.30. The number of anilines is 3. The number of piperidine rings is 2. The predicted molar refractivity (Wildman–Crippen MR) is 248 cm³/mol. The summed E-state index contributed by atoms with van der Waals surface area (Å²) in [5.41, 5.74) is 6.95. The summed E-state index contributed by atoms with van der Waals surface area (Å²) in [6.45, 7) is 9.06. The first kappa shape index (κ1) is 43.8. The van der Waals surface area contributed by atoms with Gasteiger partial charge in [-0.2, -0.15) is 0 Å². The largest absolute Gasteiger partial charge is 0.388 e. The molecule has 14 nitrogen and oxygen atoms in total. The maximum Gasteiger partial charge on any atom is 0.257 e. The van der Waals surface area contributed by atoms with Crippen molar-refractivity contribution in [1.29, 1.82) is 0 Å². The molecule has 0 unspecified atom stereocenters. The summed E-state index contributed by atoms with van der Waals surface area (Å²) in [5, 5.41) is 9.27. The van der Waals surface area contributed by atoms with Gasteiger partial charge in [0, 0.05) is 138 Å². The van der Waals surface area contributed by atoms with E-state index in [-0.39, 0.29) is 35.4 Å². The number of fused-ring (bicyclic) bond motifs is 1. The molecule has 5 aromatic rings. The molecule has 1 atom stereocenters. The standard InChI is InChI=1S/C49H56F2N10O4/c1-31-24-34(25-40(51)46(31)33-11-15-57(16-12-33)30-37-28-38-42(8-14-53-47(38)56(37)3)61-19-13-35(52-2)27-45(61)63)49(65)60-17-9-32(10-18-60)29-58-20-22-59(23-21-58)43-6-4-36(26-39(43)50)54-41-5-7-44(62)55-48(41)64/h4,6,8,11,13-14,19,24-28,32,41,52,54H,5,7,9-10,12,15-18,20-23,29-30H2,1-3H3,(H,55,62,64)/t41-/m0/s1. The summed E-state index contributed by atoms with van der Waals surface area (Å²) < 4.78 is 34.9. The summed E-state index contributed by atoms with van der Waals surface area (Å²) in [5.74, 6) is -1.11. The van der Waals surface area contributed by atoms with Crippen molar-refractivity contribution in [2.75, 3.05) is 81.5 Å². The zero-order chi connectivity index (χ0) is 45.4. The fourth-order valence-corrected chi connectivity index (χ4v) is 9.96. The fraction of sp³-hybridized carbons (Fsp3) is 0.408. The number of pyridine rings is 2. The van der Waals surface area contributed by atoms with Crippen LogP contribution >= 0.6 is 0 Å². The number of hydrogen-bond acceptors (Lipinski definition) is 10. The van der Waals surface area contributed by atoms with Crippen molar-refractivity contribution < 1.29 is 23.2 Å². The second-order valence-corrected chi connectivity index (χ2v) is 17.8. The molecule has 0 saturated carbocycles. The van der Waals surface area contributed by atoms with E-state index < -0.39 is 11.9 Å². The van der Waals surface area contributed by atoms with E-state index in [1.165, 1.54) is 12.1 Å². The van der Waals surface area contributed by atoms with Gasteiger partial charge in [0.2, 0.25) is 11.8 Å². The first-order valence-corrected chi connectivity index (χ1v) is 22.6. The van der Waals surface area contributed by atoms with Crippen LogP contribution in [0.5, 0.6) is 0 Å². The molecule has 3 saturated heterocycles. The predicted octanol–water partition coefficient (Wildman–Crippen LogP) is 5.53. The number of carbonyl (C=O) groups is 3. The average molecular weight is 887 g/mol. The molecule has 0 radical (unpaired) electrons. The molecule has 7 heterocycles. The van der Waals surface area contributed by atoms with Crippen LogP contribution in [-0.4, -0.2) is 119 Å². The van der Waals surface area contributed by atoms with Crippen molar-refractivity contribution in [3.63, 3.8) is 0 Å². The Balaban J connectivity index is 0.754. The number of rotatable bonds is 11. The lowest BCUT2D eigenvalue weighted by molar-refractivity contribution is -0.133. The van der Waals surface area contributed by atoms with Gasteiger partial charge in [0.05, 0.1) is 11.4 Å². The summed E-state index contributed by atoms with van der Waals surface area (Å²) in [6.07, 6.45) is 8.62. The number of aromatic nitrogens is 3. The second-order valence-electron chi connectivity index (χ2n) is 17.8. The molecule has 16 heteroatoms. The van der Waals surface area contributed by atoms with Gasteiger partial charge < -0.3 is 25.0 Å². The van der Waals surface area contributed by atoms with Gasteiger partial charge in [-0.1, -0.05) is 6.08 Å². The molecule has 4 aliphatic heterocycles. The highest BCUT2D eigenvalue weighted by atomic mass is 19.1. The van der Waals surface area contributed by atoms with Crippen LogP contribution < -0.4 is 26.4 Å². The van der Waals surface area contributed by atoms with Crippen LogP contribution in [0, 0.1) is 24.5 Å². The summed E-state index contributed by atoms with van der Waals surface area (Å²) in [4.78, 5) is 63.5. The van der Waals surface area contributed by atoms with Gasteiger partial charge in [-0.15, -0.1) is 0 Å². The number of benzene rings is 2. The monoisotopic (exact) mass is 886 g/mol. The van der Waals surface area contributed by atoms with Crippen LogP contribution in [0.3, 0.4) is 0 Å². The Morgan fingerprint density at radius 1 is 0.846 bits per heavy atom. The Morgan fingerprint density at radius 2 is 1.65 bits per heavy atom. The lowest BCUT2D eigenvalue weighted by atomic mass is 9.92. The number of nitrogens with zero attached hydrogens (tertiary/aromatic N) is 7. The number of piperazine rings is 1. The number of carbonyl (C=O) groups excluding carboxylic acids is 3. The Bertz CT molecular complexity index is 2710. The zero-order valence-corrected chi connectivity index (χ0v) is 37.2. The molecule has 0 spiro atoms. The summed E-state index contributed by atoms with van der Waals surface area (Å²) >= 11 is 0. The maximum absolute atomic E-state index is 16.0. The molecule has 0 aliphatic carbocycles. The lowest BCUT2D eigenvalue weighted by Crippen LogP contribution is -2.49. The maximum atomic E-state index is 16.0. The van der Waals surface area contributed by atoms with Crippen LogP contribution in [0.4, 0.5) is 25.8 Å². The van der Waals surface area contributed by atoms with Crippen LogP contribution in [0.15, 0.2) is 77.9 Å². The van der Waals surface area contributed by atoms with E-state index in [0.717, 1.165) is 78.3 Å². The number of hydrogen-bond donors (Lipinski definition) is 3. The SMILES string of the molecule is CNc1ccn(-c2ccnc3c2cc(CN2CC=C(c4c(C)cc(C(=O)N5CCC(CN6CCN(c7ccc(N[C@H]8CCC(=O)NC8=O)cc7F)CC6)CC5)cc4F)CC2)n3C)c(=O)c1. The molecule has 2 aromatic carbocycles. The van der Waals surface area contributed by atoms with Crippen molar-refractivity contribution in [1.82, 2.24) is 34.1 Å². The quantitative estimate of drug-likeness (QED) is 0.145. The van der Waals surface area contributed by atoms with E-state index in [1.807, 2.05) is 42.0 Å². The Kier molecular flexibility index (Phi) is 12.6. The molecule has 3 fully saturated rings. The topological polar surface area (TPSA) is 140 Å². The highest BCUT2D eigenvalue weighted by Crippen LogP contribution is 2.32. The molecular weight excluding hydrogens is 831 g/mol. The Labute approximate surface area is 376 Å². The molecule has 3 amide bonds.